The number of thioether (sulfide) groups is 1. The molecule has 29 heavy (non-hydrogen) atoms. The lowest BCUT2D eigenvalue weighted by atomic mass is 10.2. The van der Waals surface area contributed by atoms with Gasteiger partial charge in [0.1, 0.15) is 5.75 Å². The highest BCUT2D eigenvalue weighted by Crippen LogP contribution is 2.41. The predicted molar refractivity (Wildman–Crippen MR) is 111 cm³/mol. The van der Waals surface area contributed by atoms with Gasteiger partial charge >= 0.3 is 0 Å². The number of rotatable bonds is 11. The molecule has 0 aliphatic rings. The third kappa shape index (κ3) is 5.57. The molecule has 2 aromatic carbocycles. The summed E-state index contributed by atoms with van der Waals surface area (Å²) in [5, 5.41) is 8.77. The Morgan fingerprint density at radius 1 is 0.897 bits per heavy atom. The normalized spacial score (nSPS) is 10.6. The number of aromatic nitrogens is 2. The minimum absolute atomic E-state index is 0.402. The summed E-state index contributed by atoms with van der Waals surface area (Å²) in [5.74, 6) is 3.76. The molecule has 0 atom stereocenters. The molecule has 154 valence electrons. The molecular weight excluding hydrogens is 392 g/mol. The van der Waals surface area contributed by atoms with Gasteiger partial charge in [0.25, 0.3) is 5.22 Å². The maximum Gasteiger partial charge on any atom is 0.276 e. The van der Waals surface area contributed by atoms with E-state index >= 15 is 0 Å². The Morgan fingerprint density at radius 2 is 1.62 bits per heavy atom. The van der Waals surface area contributed by atoms with E-state index in [4.69, 9.17) is 23.4 Å². The van der Waals surface area contributed by atoms with Crippen LogP contribution in [-0.2, 0) is 0 Å². The van der Waals surface area contributed by atoms with Gasteiger partial charge < -0.3 is 23.4 Å². The fourth-order valence-electron chi connectivity index (χ4n) is 2.66. The lowest BCUT2D eigenvalue weighted by molar-refractivity contribution is 0.310. The molecule has 0 bridgehead atoms. The molecule has 8 heteroatoms. The number of unbranched alkanes of at least 4 members (excludes halogenated alkanes) is 1. The van der Waals surface area contributed by atoms with Crippen molar-refractivity contribution in [2.24, 2.45) is 0 Å². The van der Waals surface area contributed by atoms with E-state index in [1.165, 1.54) is 11.8 Å². The third-order valence-electron chi connectivity index (χ3n) is 4.09. The minimum Gasteiger partial charge on any atom is -0.494 e. The lowest BCUT2D eigenvalue weighted by Crippen LogP contribution is -1.97. The first-order valence-electron chi connectivity index (χ1n) is 9.19. The van der Waals surface area contributed by atoms with Crippen LogP contribution >= 0.6 is 11.8 Å². The smallest absolute Gasteiger partial charge is 0.276 e. The van der Waals surface area contributed by atoms with Crippen LogP contribution in [0.2, 0.25) is 0 Å². The Labute approximate surface area is 174 Å². The van der Waals surface area contributed by atoms with Crippen LogP contribution in [0.3, 0.4) is 0 Å². The molecule has 0 amide bonds. The Morgan fingerprint density at radius 3 is 2.28 bits per heavy atom. The second-order valence-corrected chi connectivity index (χ2v) is 7.05. The van der Waals surface area contributed by atoms with Gasteiger partial charge in [0.05, 0.1) is 27.9 Å². The van der Waals surface area contributed by atoms with Gasteiger partial charge in [0, 0.05) is 11.3 Å². The van der Waals surface area contributed by atoms with Crippen molar-refractivity contribution in [3.05, 3.63) is 42.5 Å². The quantitative estimate of drug-likeness (QED) is 0.328. The summed E-state index contributed by atoms with van der Waals surface area (Å²) < 4.78 is 27.5. The van der Waals surface area contributed by atoms with Crippen LogP contribution in [0.4, 0.5) is 0 Å². The Hall–Kier alpha value is -2.87. The summed E-state index contributed by atoms with van der Waals surface area (Å²) in [7, 11) is 4.70. The summed E-state index contributed by atoms with van der Waals surface area (Å²) in [4.78, 5) is 0. The van der Waals surface area contributed by atoms with E-state index in [9.17, 15) is 0 Å². The van der Waals surface area contributed by atoms with Gasteiger partial charge in [-0.2, -0.15) is 0 Å². The number of hydrogen-bond acceptors (Lipinski definition) is 8. The highest BCUT2D eigenvalue weighted by Gasteiger charge is 2.17. The zero-order chi connectivity index (χ0) is 20.5. The topological polar surface area (TPSA) is 75.8 Å². The molecule has 0 fully saturated rings. The molecule has 0 aliphatic heterocycles. The van der Waals surface area contributed by atoms with Gasteiger partial charge in [-0.25, -0.2) is 0 Å². The molecule has 0 unspecified atom stereocenters. The molecule has 0 radical (unpaired) electrons. The van der Waals surface area contributed by atoms with Gasteiger partial charge in [0.2, 0.25) is 11.6 Å². The second-order valence-electron chi connectivity index (χ2n) is 6.00. The van der Waals surface area contributed by atoms with E-state index in [0.717, 1.165) is 24.3 Å². The van der Waals surface area contributed by atoms with Crippen LogP contribution in [0.5, 0.6) is 23.0 Å². The number of nitrogens with zero attached hydrogens (tertiary/aromatic N) is 2. The summed E-state index contributed by atoms with van der Waals surface area (Å²) in [6.45, 7) is 0.686. The Kier molecular flexibility index (Phi) is 7.63. The number of methoxy groups -OCH3 is 3. The first-order valence-corrected chi connectivity index (χ1v) is 10.2. The molecule has 7 nitrogen and oxygen atoms in total. The van der Waals surface area contributed by atoms with Gasteiger partial charge in [-0.15, -0.1) is 10.2 Å². The van der Waals surface area contributed by atoms with E-state index in [1.54, 1.807) is 33.5 Å². The Bertz CT molecular complexity index is 876. The molecule has 0 aliphatic carbocycles. The van der Waals surface area contributed by atoms with Crippen molar-refractivity contribution in [3.63, 3.8) is 0 Å². The average Bonchev–Trinajstić information content (AvgIpc) is 3.24. The van der Waals surface area contributed by atoms with Crippen LogP contribution in [0.1, 0.15) is 12.8 Å². The molecule has 0 saturated carbocycles. The van der Waals surface area contributed by atoms with Gasteiger partial charge in [-0.1, -0.05) is 30.0 Å². The standard InChI is InChI=1S/C21H24N2O5S/c1-24-17-13-15(14-18(25-2)19(17)26-3)20-22-23-21(28-20)29-12-8-7-11-27-16-9-5-4-6-10-16/h4-6,9-10,13-14H,7-8,11-12H2,1-3H3. The van der Waals surface area contributed by atoms with E-state index in [-0.39, 0.29) is 0 Å². The minimum atomic E-state index is 0.402. The largest absolute Gasteiger partial charge is 0.494 e. The molecular formula is C21H24N2O5S. The molecule has 3 aromatic rings. The Balaban J connectivity index is 1.51. The van der Waals surface area contributed by atoms with Gasteiger partial charge in [-0.05, 0) is 37.1 Å². The second kappa shape index (κ2) is 10.6. The van der Waals surface area contributed by atoms with Crippen molar-refractivity contribution in [1.82, 2.24) is 10.2 Å². The van der Waals surface area contributed by atoms with Crippen LogP contribution in [-0.4, -0.2) is 43.9 Å². The SMILES string of the molecule is COc1cc(-c2nnc(SCCCCOc3ccccc3)o2)cc(OC)c1OC. The number of para-hydroxylation sites is 1. The van der Waals surface area contributed by atoms with Crippen molar-refractivity contribution >= 4 is 11.8 Å². The molecule has 0 spiro atoms. The summed E-state index contributed by atoms with van der Waals surface area (Å²) in [6.07, 6.45) is 1.94. The number of ether oxygens (including phenoxy) is 4. The molecule has 0 saturated heterocycles. The van der Waals surface area contributed by atoms with E-state index < -0.39 is 0 Å². The molecule has 0 N–H and O–H groups in total. The van der Waals surface area contributed by atoms with Crippen LogP contribution in [0, 0.1) is 0 Å². The third-order valence-corrected chi connectivity index (χ3v) is 5.00. The van der Waals surface area contributed by atoms with Gasteiger partial charge in [-0.3, -0.25) is 0 Å². The lowest BCUT2D eigenvalue weighted by Gasteiger charge is -2.12. The van der Waals surface area contributed by atoms with Crippen LogP contribution in [0.15, 0.2) is 52.1 Å². The maximum atomic E-state index is 5.78. The summed E-state index contributed by atoms with van der Waals surface area (Å²) in [6, 6.07) is 13.4. The van der Waals surface area contributed by atoms with Crippen molar-refractivity contribution in [1.29, 1.82) is 0 Å². The van der Waals surface area contributed by atoms with Crippen molar-refractivity contribution in [3.8, 4) is 34.5 Å². The van der Waals surface area contributed by atoms with E-state index in [2.05, 4.69) is 10.2 Å². The van der Waals surface area contributed by atoms with Crippen molar-refractivity contribution in [2.45, 2.75) is 18.1 Å². The summed E-state index contributed by atoms with van der Waals surface area (Å²) in [5.41, 5.74) is 0.704. The summed E-state index contributed by atoms with van der Waals surface area (Å²) >= 11 is 1.53. The molecule has 1 heterocycles. The predicted octanol–water partition coefficient (Wildman–Crippen LogP) is 4.71. The van der Waals surface area contributed by atoms with Gasteiger partial charge in [0.15, 0.2) is 11.5 Å². The van der Waals surface area contributed by atoms with Crippen molar-refractivity contribution < 1.29 is 23.4 Å². The zero-order valence-corrected chi connectivity index (χ0v) is 17.5. The van der Waals surface area contributed by atoms with E-state index in [0.29, 0.717) is 40.5 Å². The first-order chi connectivity index (χ1) is 14.2. The monoisotopic (exact) mass is 416 g/mol. The van der Waals surface area contributed by atoms with Crippen molar-refractivity contribution in [2.75, 3.05) is 33.7 Å². The van der Waals surface area contributed by atoms with E-state index in [1.807, 2.05) is 30.3 Å². The molecule has 3 rings (SSSR count). The van der Waals surface area contributed by atoms with Crippen LogP contribution in [0.25, 0.3) is 11.5 Å². The number of hydrogen-bond donors (Lipinski definition) is 0. The fraction of sp³-hybridized carbons (Fsp3) is 0.333. The first kappa shape index (κ1) is 20.9. The zero-order valence-electron chi connectivity index (χ0n) is 16.7. The van der Waals surface area contributed by atoms with Crippen LogP contribution < -0.4 is 18.9 Å². The highest BCUT2D eigenvalue weighted by molar-refractivity contribution is 7.99. The number of benzene rings is 2. The maximum absolute atomic E-state index is 5.78. The fourth-order valence-corrected chi connectivity index (χ4v) is 3.42. The average molecular weight is 416 g/mol. The highest BCUT2D eigenvalue weighted by atomic mass is 32.2. The molecule has 1 aromatic heterocycles.